The van der Waals surface area contributed by atoms with E-state index in [2.05, 4.69) is 16.8 Å². The van der Waals surface area contributed by atoms with Gasteiger partial charge in [-0.3, -0.25) is 0 Å². The number of likely N-dealkylation sites (tertiary alicyclic amines) is 1. The van der Waals surface area contributed by atoms with Crippen LogP contribution in [0, 0.1) is 0 Å². The Morgan fingerprint density at radius 3 is 2.64 bits per heavy atom. The fourth-order valence-corrected chi connectivity index (χ4v) is 2.57. The summed E-state index contributed by atoms with van der Waals surface area (Å²) in [7, 11) is 0. The average molecular weight is 438 g/mol. The molecule has 4 nitrogen and oxygen atoms in total. The van der Waals surface area contributed by atoms with Crippen LogP contribution in [-0.2, 0) is 0 Å². The zero-order valence-corrected chi connectivity index (χ0v) is 16.1. The first kappa shape index (κ1) is 19.4. The number of aliphatic imine (C=N–C) groups is 1. The molecule has 1 aromatic carbocycles. The van der Waals surface area contributed by atoms with Gasteiger partial charge in [-0.15, -0.1) is 24.0 Å². The van der Waals surface area contributed by atoms with Crippen LogP contribution < -0.4 is 10.5 Å². The van der Waals surface area contributed by atoms with E-state index in [1.54, 1.807) is 0 Å². The summed E-state index contributed by atoms with van der Waals surface area (Å²) in [6.07, 6.45) is 4.54. The lowest BCUT2D eigenvalue weighted by Gasteiger charge is -2.28. The first-order valence-electron chi connectivity index (χ1n) is 7.66. The molecule has 0 spiro atoms. The van der Waals surface area contributed by atoms with E-state index in [1.807, 2.05) is 24.3 Å². The third kappa shape index (κ3) is 5.83. The smallest absolute Gasteiger partial charge is 0.191 e. The summed E-state index contributed by atoms with van der Waals surface area (Å²) in [5, 5.41) is 0.629. The maximum absolute atomic E-state index is 6.12. The van der Waals surface area contributed by atoms with Crippen LogP contribution in [0.25, 0.3) is 0 Å². The van der Waals surface area contributed by atoms with Crippen molar-refractivity contribution in [1.82, 2.24) is 4.90 Å². The van der Waals surface area contributed by atoms with Crippen LogP contribution in [0.5, 0.6) is 5.75 Å². The van der Waals surface area contributed by atoms with Gasteiger partial charge in [-0.25, -0.2) is 4.99 Å². The van der Waals surface area contributed by atoms with Crippen LogP contribution in [0.2, 0.25) is 5.02 Å². The highest BCUT2D eigenvalue weighted by Gasteiger charge is 2.14. The normalized spacial score (nSPS) is 16.8. The molecule has 1 heterocycles. The molecule has 0 aromatic heterocycles. The molecule has 1 aliphatic rings. The molecule has 1 aliphatic heterocycles. The number of ether oxygens (including phenoxy) is 1. The molecule has 1 unspecified atom stereocenters. The van der Waals surface area contributed by atoms with Gasteiger partial charge in [0.15, 0.2) is 5.96 Å². The van der Waals surface area contributed by atoms with Crippen LogP contribution in [0.1, 0.15) is 32.6 Å². The summed E-state index contributed by atoms with van der Waals surface area (Å²) in [6.45, 7) is 4.66. The van der Waals surface area contributed by atoms with E-state index in [0.717, 1.165) is 19.5 Å². The molecule has 0 bridgehead atoms. The summed E-state index contributed by atoms with van der Waals surface area (Å²) in [5.41, 5.74) is 6.07. The number of hydrogen-bond acceptors (Lipinski definition) is 2. The van der Waals surface area contributed by atoms with Crippen LogP contribution in [0.3, 0.4) is 0 Å². The number of hydrogen-bond donors (Lipinski definition) is 1. The van der Waals surface area contributed by atoms with E-state index in [1.165, 1.54) is 19.3 Å². The third-order valence-electron chi connectivity index (χ3n) is 3.72. The number of guanidine groups is 1. The van der Waals surface area contributed by atoms with Crippen molar-refractivity contribution in [2.45, 2.75) is 38.7 Å². The van der Waals surface area contributed by atoms with Crippen LogP contribution in [0.15, 0.2) is 29.3 Å². The molecule has 1 fully saturated rings. The Bertz CT molecular complexity index is 478. The van der Waals surface area contributed by atoms with Gasteiger partial charge < -0.3 is 15.4 Å². The van der Waals surface area contributed by atoms with Gasteiger partial charge in [0.2, 0.25) is 0 Å². The monoisotopic (exact) mass is 437 g/mol. The Kier molecular flexibility index (Phi) is 8.93. The Hall–Kier alpha value is -0.690. The molecule has 0 aliphatic carbocycles. The molecule has 0 saturated carbocycles. The lowest BCUT2D eigenvalue weighted by Crippen LogP contribution is -2.41. The van der Waals surface area contributed by atoms with Crippen molar-refractivity contribution in [3.8, 4) is 5.75 Å². The number of piperidine rings is 1. The van der Waals surface area contributed by atoms with Crippen LogP contribution >= 0.6 is 35.6 Å². The van der Waals surface area contributed by atoms with Crippen molar-refractivity contribution in [2.75, 3.05) is 19.6 Å². The largest absolute Gasteiger partial charge is 0.487 e. The fourth-order valence-electron chi connectivity index (χ4n) is 2.39. The lowest BCUT2D eigenvalue weighted by molar-refractivity contribution is 0.205. The number of nitrogens with two attached hydrogens (primary N) is 1. The van der Waals surface area contributed by atoms with E-state index < -0.39 is 0 Å². The minimum absolute atomic E-state index is 0. The molecule has 6 heteroatoms. The molecular weight excluding hydrogens is 413 g/mol. The fraction of sp³-hybridized carbons (Fsp3) is 0.562. The van der Waals surface area contributed by atoms with Gasteiger partial charge >= 0.3 is 0 Å². The second-order valence-corrected chi connectivity index (χ2v) is 5.73. The molecule has 0 radical (unpaired) electrons. The lowest BCUT2D eigenvalue weighted by atomic mass is 10.1. The topological polar surface area (TPSA) is 50.8 Å². The quantitative estimate of drug-likeness (QED) is 0.431. The number of halogens is 2. The first-order chi connectivity index (χ1) is 10.2. The number of benzene rings is 1. The summed E-state index contributed by atoms with van der Waals surface area (Å²) in [6, 6.07) is 7.51. The molecule has 124 valence electrons. The number of nitrogens with zero attached hydrogens (tertiary/aromatic N) is 2. The number of para-hydroxylation sites is 1. The van der Waals surface area contributed by atoms with Crippen molar-refractivity contribution in [3.63, 3.8) is 0 Å². The maximum atomic E-state index is 6.12. The second kappa shape index (κ2) is 10.2. The highest BCUT2D eigenvalue weighted by Crippen LogP contribution is 2.24. The zero-order valence-electron chi connectivity index (χ0n) is 13.0. The highest BCUT2D eigenvalue weighted by atomic mass is 127. The van der Waals surface area contributed by atoms with Gasteiger partial charge in [-0.1, -0.05) is 30.7 Å². The molecule has 2 N–H and O–H groups in total. The van der Waals surface area contributed by atoms with E-state index in [-0.39, 0.29) is 30.1 Å². The zero-order chi connectivity index (χ0) is 15.1. The SMILES string of the molecule is CCC(CN=C(N)N1CCCCC1)Oc1ccccc1Cl.I. The molecular formula is C16H25ClIN3O. The van der Waals surface area contributed by atoms with Crippen LogP contribution in [-0.4, -0.2) is 36.6 Å². The van der Waals surface area contributed by atoms with Gasteiger partial charge in [-0.2, -0.15) is 0 Å². The first-order valence-corrected chi connectivity index (χ1v) is 8.04. The third-order valence-corrected chi connectivity index (χ3v) is 4.03. The van der Waals surface area contributed by atoms with Gasteiger partial charge in [0, 0.05) is 13.1 Å². The molecule has 1 aromatic rings. The number of rotatable bonds is 5. The van der Waals surface area contributed by atoms with Gasteiger partial charge in [0.1, 0.15) is 11.9 Å². The Morgan fingerprint density at radius 1 is 1.32 bits per heavy atom. The van der Waals surface area contributed by atoms with E-state index in [4.69, 9.17) is 22.1 Å². The average Bonchev–Trinajstić information content (AvgIpc) is 2.53. The molecule has 1 atom stereocenters. The van der Waals surface area contributed by atoms with Gasteiger partial charge in [-0.05, 0) is 37.8 Å². The van der Waals surface area contributed by atoms with Crippen LogP contribution in [0.4, 0.5) is 0 Å². The van der Waals surface area contributed by atoms with Crippen molar-refractivity contribution in [3.05, 3.63) is 29.3 Å². The summed E-state index contributed by atoms with van der Waals surface area (Å²) < 4.78 is 5.92. The predicted octanol–water partition coefficient (Wildman–Crippen LogP) is 3.92. The van der Waals surface area contributed by atoms with E-state index >= 15 is 0 Å². The summed E-state index contributed by atoms with van der Waals surface area (Å²) in [5.74, 6) is 1.34. The Labute approximate surface area is 155 Å². The molecule has 22 heavy (non-hydrogen) atoms. The standard InChI is InChI=1S/C16H24ClN3O.HI/c1-2-13(21-15-9-5-4-8-14(15)17)12-19-16(18)20-10-6-3-7-11-20;/h4-5,8-9,13H,2-3,6-7,10-12H2,1H3,(H2,18,19);1H. The predicted molar refractivity (Wildman–Crippen MR) is 103 cm³/mol. The molecule has 0 amide bonds. The van der Waals surface area contributed by atoms with E-state index in [9.17, 15) is 0 Å². The van der Waals surface area contributed by atoms with Crippen molar-refractivity contribution >= 4 is 41.5 Å². The summed E-state index contributed by atoms with van der Waals surface area (Å²) >= 11 is 6.12. The minimum Gasteiger partial charge on any atom is -0.487 e. The molecule has 1 saturated heterocycles. The maximum Gasteiger partial charge on any atom is 0.191 e. The second-order valence-electron chi connectivity index (χ2n) is 5.33. The van der Waals surface area contributed by atoms with E-state index in [0.29, 0.717) is 23.3 Å². The van der Waals surface area contributed by atoms with Gasteiger partial charge in [0.25, 0.3) is 0 Å². The van der Waals surface area contributed by atoms with Gasteiger partial charge in [0.05, 0.1) is 11.6 Å². The van der Waals surface area contributed by atoms with Crippen molar-refractivity contribution < 1.29 is 4.74 Å². The molecule has 2 rings (SSSR count). The minimum atomic E-state index is -0.00626. The Morgan fingerprint density at radius 2 is 2.00 bits per heavy atom. The highest BCUT2D eigenvalue weighted by molar-refractivity contribution is 14.0. The summed E-state index contributed by atoms with van der Waals surface area (Å²) in [4.78, 5) is 6.66. The van der Waals surface area contributed by atoms with Crippen molar-refractivity contribution in [1.29, 1.82) is 0 Å². The Balaban J connectivity index is 0.00000242. The van der Waals surface area contributed by atoms with Crippen molar-refractivity contribution in [2.24, 2.45) is 10.7 Å².